The van der Waals surface area contributed by atoms with Crippen LogP contribution in [0.4, 0.5) is 0 Å². The third-order valence-electron chi connectivity index (χ3n) is 11.1. The molecule has 4 heterocycles. The van der Waals surface area contributed by atoms with E-state index in [0.29, 0.717) is 11.3 Å². The van der Waals surface area contributed by atoms with Crippen LogP contribution < -0.4 is 5.56 Å². The zero-order valence-electron chi connectivity index (χ0n) is 29.3. The number of benzene rings is 8. The van der Waals surface area contributed by atoms with Gasteiger partial charge in [0.05, 0.1) is 27.8 Å². The fourth-order valence-electron chi connectivity index (χ4n) is 8.76. The van der Waals surface area contributed by atoms with E-state index in [1.807, 2.05) is 59.2 Å². The van der Waals surface area contributed by atoms with Gasteiger partial charge in [0, 0.05) is 58.4 Å². The maximum absolute atomic E-state index is 14.8. The van der Waals surface area contributed by atoms with Gasteiger partial charge in [-0.2, -0.15) is 0 Å². The minimum Gasteiger partial charge on any atom is -0.276 e. The van der Waals surface area contributed by atoms with Crippen LogP contribution in [0.3, 0.4) is 0 Å². The number of aromatic nitrogens is 4. The van der Waals surface area contributed by atoms with E-state index in [2.05, 4.69) is 120 Å². The van der Waals surface area contributed by atoms with E-state index in [0.717, 1.165) is 76.7 Å². The highest BCUT2D eigenvalue weighted by molar-refractivity contribution is 7.26. The summed E-state index contributed by atoms with van der Waals surface area (Å²) in [5.74, 6) is 0.551. The van der Waals surface area contributed by atoms with E-state index >= 15 is 0 Å². The second kappa shape index (κ2) is 11.4. The number of thiophene rings is 1. The Kier molecular flexibility index (Phi) is 6.30. The van der Waals surface area contributed by atoms with Crippen LogP contribution in [0.15, 0.2) is 175 Å². The summed E-state index contributed by atoms with van der Waals surface area (Å²) in [6, 6.07) is 58.6. The Bertz CT molecular complexity index is 3640. The van der Waals surface area contributed by atoms with Gasteiger partial charge < -0.3 is 0 Å². The van der Waals surface area contributed by atoms with Crippen LogP contribution in [-0.4, -0.2) is 19.1 Å². The van der Waals surface area contributed by atoms with Crippen LogP contribution in [0.1, 0.15) is 0 Å². The summed E-state index contributed by atoms with van der Waals surface area (Å²) in [5, 5.41) is 10.4. The fourth-order valence-corrected chi connectivity index (χ4v) is 9.98. The topological polar surface area (TPSA) is 52.7 Å². The molecule has 0 aliphatic heterocycles. The lowest BCUT2D eigenvalue weighted by atomic mass is 10.0. The van der Waals surface area contributed by atoms with Crippen LogP contribution in [-0.2, 0) is 0 Å². The van der Waals surface area contributed by atoms with E-state index in [9.17, 15) is 4.79 Å². The highest BCUT2D eigenvalue weighted by Crippen LogP contribution is 2.44. The average Bonchev–Trinajstić information content (AvgIpc) is 3.80. The molecule has 0 aliphatic rings. The summed E-state index contributed by atoms with van der Waals surface area (Å²) in [6.07, 6.45) is 0. The summed E-state index contributed by atoms with van der Waals surface area (Å²) >= 11 is 1.80. The van der Waals surface area contributed by atoms with Crippen molar-refractivity contribution in [1.82, 2.24) is 19.1 Å². The van der Waals surface area contributed by atoms with Crippen molar-refractivity contribution in [3.8, 4) is 22.9 Å². The molecule has 0 atom stereocenters. The van der Waals surface area contributed by atoms with Crippen molar-refractivity contribution < 1.29 is 0 Å². The molecule has 12 aromatic rings. The summed E-state index contributed by atoms with van der Waals surface area (Å²) in [5.41, 5.74) is 6.20. The van der Waals surface area contributed by atoms with Crippen LogP contribution in [0.5, 0.6) is 0 Å². The number of fused-ring (bicyclic) bond motifs is 13. The highest BCUT2D eigenvalue weighted by atomic mass is 32.1. The van der Waals surface area contributed by atoms with Gasteiger partial charge in [-0.25, -0.2) is 9.97 Å². The van der Waals surface area contributed by atoms with Crippen LogP contribution in [0, 0.1) is 0 Å². The van der Waals surface area contributed by atoms with Crippen molar-refractivity contribution in [3.63, 3.8) is 0 Å². The van der Waals surface area contributed by atoms with Gasteiger partial charge in [0.25, 0.3) is 5.56 Å². The molecule has 0 saturated carbocycles. The maximum atomic E-state index is 14.8. The van der Waals surface area contributed by atoms with E-state index in [1.165, 1.54) is 20.2 Å². The molecule has 0 unspecified atom stereocenters. The molecule has 6 heteroatoms. The molecule has 0 amide bonds. The number of pyridine rings is 1. The van der Waals surface area contributed by atoms with Gasteiger partial charge in [-0.1, -0.05) is 133 Å². The zero-order chi connectivity index (χ0) is 36.2. The zero-order valence-corrected chi connectivity index (χ0v) is 30.1. The maximum Gasteiger partial charge on any atom is 0.263 e. The quantitative estimate of drug-likeness (QED) is 0.171. The molecule has 0 saturated heterocycles. The molecule has 256 valence electrons. The summed E-state index contributed by atoms with van der Waals surface area (Å²) in [7, 11) is 0. The predicted molar refractivity (Wildman–Crippen MR) is 230 cm³/mol. The Balaban J connectivity index is 1.31. The summed E-state index contributed by atoms with van der Waals surface area (Å²) in [4.78, 5) is 25.7. The number of nitrogens with zero attached hydrogens (tertiary/aromatic N) is 4. The first-order valence-electron chi connectivity index (χ1n) is 18.4. The molecule has 55 heavy (non-hydrogen) atoms. The van der Waals surface area contributed by atoms with Crippen LogP contribution in [0.25, 0.3) is 108 Å². The van der Waals surface area contributed by atoms with Gasteiger partial charge in [0.2, 0.25) is 5.95 Å². The number of rotatable bonds is 3. The molecular formula is C49H28N4OS. The van der Waals surface area contributed by atoms with Crippen LogP contribution >= 0.6 is 11.3 Å². The Hall–Kier alpha value is -7.15. The molecule has 0 bridgehead atoms. The monoisotopic (exact) mass is 720 g/mol. The smallest absolute Gasteiger partial charge is 0.263 e. The molecule has 5 nitrogen and oxygen atoms in total. The van der Waals surface area contributed by atoms with Crippen molar-refractivity contribution in [3.05, 3.63) is 180 Å². The molecule has 12 rings (SSSR count). The second-order valence-electron chi connectivity index (χ2n) is 14.1. The van der Waals surface area contributed by atoms with Crippen molar-refractivity contribution >= 4 is 96.7 Å². The lowest BCUT2D eigenvalue weighted by Crippen LogP contribution is -2.20. The molecular weight excluding hydrogens is 693 g/mol. The predicted octanol–water partition coefficient (Wildman–Crippen LogP) is 12.4. The highest BCUT2D eigenvalue weighted by Gasteiger charge is 2.24. The molecule has 0 radical (unpaired) electrons. The largest absolute Gasteiger partial charge is 0.276 e. The van der Waals surface area contributed by atoms with Gasteiger partial charge in [-0.05, 0) is 52.6 Å². The van der Waals surface area contributed by atoms with Crippen molar-refractivity contribution in [2.45, 2.75) is 0 Å². The molecule has 0 N–H and O–H groups in total. The summed E-state index contributed by atoms with van der Waals surface area (Å²) < 4.78 is 6.53. The normalized spacial score (nSPS) is 12.1. The van der Waals surface area contributed by atoms with Crippen molar-refractivity contribution in [2.24, 2.45) is 0 Å². The number of hydrogen-bond donors (Lipinski definition) is 0. The van der Waals surface area contributed by atoms with Gasteiger partial charge in [0.1, 0.15) is 0 Å². The first-order valence-corrected chi connectivity index (χ1v) is 19.2. The average molecular weight is 721 g/mol. The van der Waals surface area contributed by atoms with Gasteiger partial charge >= 0.3 is 0 Å². The lowest BCUT2D eigenvalue weighted by molar-refractivity contribution is 1.01. The summed E-state index contributed by atoms with van der Waals surface area (Å²) in [6.45, 7) is 0. The Morgan fingerprint density at radius 1 is 0.455 bits per heavy atom. The standard InChI is InChI=1S/C49H28N4OS/c54-48-36-19-7-6-17-32(36)34-26-27-38-43-31-16-5-4-13-29(31)25-28-41(43)53(46(38)45(34)52(48)30-14-2-1-3-15-30)49-50-40-23-10-8-20-37(40)44(51-49)39-22-12-21-35-33-18-9-11-24-42(33)55-47(35)39/h1-28H. The lowest BCUT2D eigenvalue weighted by Gasteiger charge is -2.17. The molecule has 0 aliphatic carbocycles. The first kappa shape index (κ1) is 30.3. The van der Waals surface area contributed by atoms with Crippen LogP contribution in [0.2, 0.25) is 0 Å². The van der Waals surface area contributed by atoms with Crippen molar-refractivity contribution in [1.29, 1.82) is 0 Å². The minimum absolute atomic E-state index is 0.0694. The number of hydrogen-bond acceptors (Lipinski definition) is 4. The molecule has 4 aromatic heterocycles. The molecule has 8 aromatic carbocycles. The van der Waals surface area contributed by atoms with E-state index in [4.69, 9.17) is 9.97 Å². The minimum atomic E-state index is -0.0694. The van der Waals surface area contributed by atoms with E-state index < -0.39 is 0 Å². The Morgan fingerprint density at radius 3 is 2.00 bits per heavy atom. The number of para-hydroxylation sites is 2. The van der Waals surface area contributed by atoms with Gasteiger partial charge in [-0.3, -0.25) is 13.9 Å². The third-order valence-corrected chi connectivity index (χ3v) is 12.4. The van der Waals surface area contributed by atoms with E-state index in [-0.39, 0.29) is 5.56 Å². The SMILES string of the molecule is O=c1c2ccccc2c2ccc3c4c5ccccc5ccc4n(-c4nc(-c5cccc6c5sc5ccccc56)c5ccccc5n4)c3c2n1-c1ccccc1. The Morgan fingerprint density at radius 2 is 1.13 bits per heavy atom. The molecule has 0 fully saturated rings. The second-order valence-corrected chi connectivity index (χ2v) is 15.1. The van der Waals surface area contributed by atoms with Gasteiger partial charge in [0.15, 0.2) is 0 Å². The first-order chi connectivity index (χ1) is 27.2. The van der Waals surface area contributed by atoms with Gasteiger partial charge in [-0.15, -0.1) is 11.3 Å². The third kappa shape index (κ3) is 4.25. The fraction of sp³-hybridized carbons (Fsp3) is 0. The van der Waals surface area contributed by atoms with Crippen molar-refractivity contribution in [2.75, 3.05) is 0 Å². The molecule has 0 spiro atoms. The Labute approximate surface area is 317 Å². The van der Waals surface area contributed by atoms with E-state index in [1.54, 1.807) is 11.3 Å².